The Hall–Kier alpha value is -2.27. The average molecular weight is 298 g/mol. The van der Waals surface area contributed by atoms with Gasteiger partial charge in [-0.15, -0.1) is 0 Å². The first kappa shape index (κ1) is 15.1. The van der Waals surface area contributed by atoms with Crippen LogP contribution in [0.4, 0.5) is 5.69 Å². The maximum absolute atomic E-state index is 5.25. The Morgan fingerprint density at radius 3 is 2.71 bits per heavy atom. The molecule has 0 fully saturated rings. The molecule has 0 spiro atoms. The van der Waals surface area contributed by atoms with Gasteiger partial charge in [0, 0.05) is 23.6 Å². The second-order valence-corrected chi connectivity index (χ2v) is 5.23. The zero-order valence-corrected chi connectivity index (χ0v) is 13.2. The van der Waals surface area contributed by atoms with Crippen LogP contribution in [0.25, 0.3) is 0 Å². The van der Waals surface area contributed by atoms with Crippen LogP contribution < -0.4 is 10.7 Å². The maximum Gasteiger partial charge on any atom is 0.191 e. The van der Waals surface area contributed by atoms with Gasteiger partial charge in [-0.2, -0.15) is 5.10 Å². The van der Waals surface area contributed by atoms with E-state index in [2.05, 4.69) is 33.8 Å². The van der Waals surface area contributed by atoms with Crippen molar-refractivity contribution in [1.29, 1.82) is 0 Å². The van der Waals surface area contributed by atoms with Gasteiger partial charge in [-0.05, 0) is 50.7 Å². The van der Waals surface area contributed by atoms with Gasteiger partial charge in [0.25, 0.3) is 0 Å². The number of nitrogens with zero attached hydrogens (tertiary/aromatic N) is 2. The fourth-order valence-electron chi connectivity index (χ4n) is 1.88. The van der Waals surface area contributed by atoms with Crippen molar-refractivity contribution >= 4 is 28.7 Å². The van der Waals surface area contributed by atoms with E-state index in [0.29, 0.717) is 5.11 Å². The molecule has 5 heteroatoms. The lowest BCUT2D eigenvalue weighted by atomic mass is 10.1. The van der Waals surface area contributed by atoms with Gasteiger partial charge in [0.2, 0.25) is 0 Å². The molecule has 2 rings (SSSR count). The van der Waals surface area contributed by atoms with E-state index in [4.69, 9.17) is 12.2 Å². The van der Waals surface area contributed by atoms with Crippen molar-refractivity contribution in [2.45, 2.75) is 20.8 Å². The standard InChI is InChI=1S/C16H18N4S/c1-11-6-7-15(12(2)9-11)18-16(21)20-19-13(3)14-5-4-8-17-10-14/h4-10H,1-3H3,(H2,18,20,21). The second-order valence-electron chi connectivity index (χ2n) is 4.82. The summed E-state index contributed by atoms with van der Waals surface area (Å²) >= 11 is 5.25. The normalized spacial score (nSPS) is 11.1. The smallest absolute Gasteiger partial charge is 0.191 e. The number of hydrogen-bond acceptors (Lipinski definition) is 3. The molecule has 0 radical (unpaired) electrons. The van der Waals surface area contributed by atoms with Crippen LogP contribution in [-0.2, 0) is 0 Å². The molecule has 4 nitrogen and oxygen atoms in total. The van der Waals surface area contributed by atoms with E-state index in [1.54, 1.807) is 12.4 Å². The molecule has 0 aliphatic rings. The van der Waals surface area contributed by atoms with Gasteiger partial charge in [-0.25, -0.2) is 0 Å². The van der Waals surface area contributed by atoms with E-state index in [1.807, 2.05) is 38.1 Å². The van der Waals surface area contributed by atoms with Gasteiger partial charge >= 0.3 is 0 Å². The van der Waals surface area contributed by atoms with Crippen LogP contribution in [0.1, 0.15) is 23.6 Å². The Kier molecular flexibility index (Phi) is 5.00. The van der Waals surface area contributed by atoms with Gasteiger partial charge in [-0.1, -0.05) is 23.8 Å². The molecule has 0 unspecified atom stereocenters. The summed E-state index contributed by atoms with van der Waals surface area (Å²) in [4.78, 5) is 4.06. The summed E-state index contributed by atoms with van der Waals surface area (Å²) in [6.45, 7) is 6.01. The molecule has 0 saturated carbocycles. The highest BCUT2D eigenvalue weighted by atomic mass is 32.1. The van der Waals surface area contributed by atoms with E-state index in [0.717, 1.165) is 22.5 Å². The molecular weight excluding hydrogens is 280 g/mol. The predicted octanol–water partition coefficient (Wildman–Crippen LogP) is 3.41. The molecule has 1 heterocycles. The molecule has 0 aliphatic carbocycles. The lowest BCUT2D eigenvalue weighted by Crippen LogP contribution is -2.25. The predicted molar refractivity (Wildman–Crippen MR) is 91.7 cm³/mol. The molecule has 0 aliphatic heterocycles. The van der Waals surface area contributed by atoms with Crippen LogP contribution in [0.5, 0.6) is 0 Å². The number of rotatable bonds is 3. The Bertz CT molecular complexity index is 665. The average Bonchev–Trinajstić information content (AvgIpc) is 2.48. The van der Waals surface area contributed by atoms with Crippen LogP contribution in [0, 0.1) is 13.8 Å². The minimum atomic E-state index is 0.463. The molecule has 21 heavy (non-hydrogen) atoms. The molecule has 0 bridgehead atoms. The maximum atomic E-state index is 5.25. The lowest BCUT2D eigenvalue weighted by Gasteiger charge is -2.11. The molecule has 2 aromatic rings. The summed E-state index contributed by atoms with van der Waals surface area (Å²) in [5.74, 6) is 0. The number of hydrazone groups is 1. The number of benzene rings is 1. The van der Waals surface area contributed by atoms with E-state index in [-0.39, 0.29) is 0 Å². The quantitative estimate of drug-likeness (QED) is 0.518. The number of anilines is 1. The molecule has 1 aromatic carbocycles. The van der Waals surface area contributed by atoms with Crippen LogP contribution in [0.3, 0.4) is 0 Å². The number of pyridine rings is 1. The minimum absolute atomic E-state index is 0.463. The monoisotopic (exact) mass is 298 g/mol. The molecule has 1 aromatic heterocycles. The molecule has 2 N–H and O–H groups in total. The van der Waals surface area contributed by atoms with Crippen LogP contribution in [-0.4, -0.2) is 15.8 Å². The zero-order chi connectivity index (χ0) is 15.2. The second kappa shape index (κ2) is 6.95. The number of aromatic nitrogens is 1. The summed E-state index contributed by atoms with van der Waals surface area (Å²) in [5.41, 5.74) is 7.99. The third-order valence-corrected chi connectivity index (χ3v) is 3.23. The summed E-state index contributed by atoms with van der Waals surface area (Å²) < 4.78 is 0. The Balaban J connectivity index is 1.99. The molecule has 0 amide bonds. The number of nitrogens with one attached hydrogen (secondary N) is 2. The van der Waals surface area contributed by atoms with Crippen molar-refractivity contribution in [2.24, 2.45) is 5.10 Å². The SMILES string of the molecule is CC(=NNC(=S)Nc1ccc(C)cc1C)c1cccnc1. The fraction of sp³-hybridized carbons (Fsp3) is 0.188. The first-order valence-electron chi connectivity index (χ1n) is 6.65. The molecule has 0 atom stereocenters. The number of aryl methyl sites for hydroxylation is 2. The molecular formula is C16H18N4S. The van der Waals surface area contributed by atoms with Crippen molar-refractivity contribution in [3.8, 4) is 0 Å². The Morgan fingerprint density at radius 1 is 1.24 bits per heavy atom. The van der Waals surface area contributed by atoms with Crippen LogP contribution in [0.15, 0.2) is 47.8 Å². The Morgan fingerprint density at radius 2 is 2.05 bits per heavy atom. The minimum Gasteiger partial charge on any atom is -0.331 e. The number of thiocarbonyl (C=S) groups is 1. The van der Waals surface area contributed by atoms with Gasteiger partial charge in [0.15, 0.2) is 5.11 Å². The lowest BCUT2D eigenvalue weighted by molar-refractivity contribution is 1.04. The largest absolute Gasteiger partial charge is 0.331 e. The highest BCUT2D eigenvalue weighted by Crippen LogP contribution is 2.15. The zero-order valence-electron chi connectivity index (χ0n) is 12.3. The highest BCUT2D eigenvalue weighted by molar-refractivity contribution is 7.80. The summed E-state index contributed by atoms with van der Waals surface area (Å²) in [5, 5.41) is 7.87. The van der Waals surface area contributed by atoms with Gasteiger partial charge < -0.3 is 5.32 Å². The van der Waals surface area contributed by atoms with E-state index >= 15 is 0 Å². The van der Waals surface area contributed by atoms with Gasteiger partial charge in [0.1, 0.15) is 0 Å². The molecule has 0 saturated heterocycles. The van der Waals surface area contributed by atoms with Crippen molar-refractivity contribution in [1.82, 2.24) is 10.4 Å². The van der Waals surface area contributed by atoms with Crippen molar-refractivity contribution in [3.05, 3.63) is 59.4 Å². The summed E-state index contributed by atoms with van der Waals surface area (Å²) in [6.07, 6.45) is 3.50. The van der Waals surface area contributed by atoms with E-state index in [9.17, 15) is 0 Å². The van der Waals surface area contributed by atoms with Crippen molar-refractivity contribution in [2.75, 3.05) is 5.32 Å². The summed E-state index contributed by atoms with van der Waals surface area (Å²) in [6, 6.07) is 9.99. The summed E-state index contributed by atoms with van der Waals surface area (Å²) in [7, 11) is 0. The third kappa shape index (κ3) is 4.36. The van der Waals surface area contributed by atoms with Crippen molar-refractivity contribution < 1.29 is 0 Å². The Labute approximate surface area is 130 Å². The van der Waals surface area contributed by atoms with Crippen molar-refractivity contribution in [3.63, 3.8) is 0 Å². The van der Waals surface area contributed by atoms with Gasteiger partial charge in [-0.3, -0.25) is 10.4 Å². The highest BCUT2D eigenvalue weighted by Gasteiger charge is 2.01. The topological polar surface area (TPSA) is 49.3 Å². The molecule has 108 valence electrons. The van der Waals surface area contributed by atoms with Crippen LogP contribution in [0.2, 0.25) is 0 Å². The fourth-order valence-corrected chi connectivity index (χ4v) is 2.04. The first-order chi connectivity index (χ1) is 10.1. The first-order valence-corrected chi connectivity index (χ1v) is 7.06. The van der Waals surface area contributed by atoms with Crippen LogP contribution >= 0.6 is 12.2 Å². The van der Waals surface area contributed by atoms with Gasteiger partial charge in [0.05, 0.1) is 5.71 Å². The van der Waals surface area contributed by atoms with E-state index in [1.165, 1.54) is 5.56 Å². The van der Waals surface area contributed by atoms with E-state index < -0.39 is 0 Å². The number of hydrogen-bond donors (Lipinski definition) is 2. The third-order valence-electron chi connectivity index (χ3n) is 3.03.